The number of hydrogen-bond donors (Lipinski definition) is 2. The Kier molecular flexibility index (Phi) is 5.48. The Hall–Kier alpha value is -2.44. The van der Waals surface area contributed by atoms with Gasteiger partial charge in [0.15, 0.2) is 5.84 Å². The van der Waals surface area contributed by atoms with Gasteiger partial charge in [-0.05, 0) is 43.7 Å². The second-order valence-corrected chi connectivity index (χ2v) is 7.29. The summed E-state index contributed by atoms with van der Waals surface area (Å²) in [5.74, 6) is 0.0379. The van der Waals surface area contributed by atoms with Crippen molar-refractivity contribution < 1.29 is 4.79 Å². The van der Waals surface area contributed by atoms with E-state index in [1.54, 1.807) is 34.2 Å². The normalized spacial score (nSPS) is 17.2. The molecule has 0 spiro atoms. The molecule has 0 aliphatic carbocycles. The van der Waals surface area contributed by atoms with E-state index in [2.05, 4.69) is 4.98 Å². The Balaban J connectivity index is 1.81. The number of rotatable bonds is 2. The van der Waals surface area contributed by atoms with Gasteiger partial charge in [0.2, 0.25) is 0 Å². The molecule has 2 heterocycles. The lowest BCUT2D eigenvalue weighted by molar-refractivity contribution is 0.0683. The lowest BCUT2D eigenvalue weighted by atomic mass is 10.1. The fraction of sp³-hybridized carbons (Fsp3) is 0.263. The second kappa shape index (κ2) is 7.66. The molecular weight excluding hydrogens is 385 g/mol. The summed E-state index contributed by atoms with van der Waals surface area (Å²) in [6, 6.07) is 8.37. The number of amides is 1. The minimum absolute atomic E-state index is 0.0804. The van der Waals surface area contributed by atoms with Gasteiger partial charge < -0.3 is 9.80 Å². The minimum atomic E-state index is -0.278. The van der Waals surface area contributed by atoms with E-state index in [1.807, 2.05) is 26.0 Å². The molecule has 1 atom stereocenters. The largest absolute Gasteiger partial charge is 0.327 e. The van der Waals surface area contributed by atoms with Crippen LogP contribution in [0.25, 0.3) is 0 Å². The van der Waals surface area contributed by atoms with Crippen LogP contribution in [0.3, 0.4) is 0 Å². The number of aromatic nitrogens is 1. The summed E-state index contributed by atoms with van der Waals surface area (Å²) in [4.78, 5) is 20.3. The van der Waals surface area contributed by atoms with Gasteiger partial charge in [0.1, 0.15) is 11.5 Å². The van der Waals surface area contributed by atoms with E-state index >= 15 is 0 Å². The zero-order valence-electron chi connectivity index (χ0n) is 15.0. The van der Waals surface area contributed by atoms with E-state index < -0.39 is 0 Å². The summed E-state index contributed by atoms with van der Waals surface area (Å²) in [6.07, 6.45) is 1.65. The molecule has 27 heavy (non-hydrogen) atoms. The van der Waals surface area contributed by atoms with Crippen LogP contribution in [0, 0.1) is 17.7 Å². The van der Waals surface area contributed by atoms with Crippen LogP contribution in [0.5, 0.6) is 0 Å². The minimum Gasteiger partial charge on any atom is -0.327 e. The number of hydrogen-bond acceptors (Lipinski definition) is 4. The van der Waals surface area contributed by atoms with E-state index in [0.717, 1.165) is 5.56 Å². The zero-order chi connectivity index (χ0) is 19.7. The van der Waals surface area contributed by atoms with Crippen molar-refractivity contribution in [2.75, 3.05) is 13.1 Å². The molecule has 2 aromatic rings. The predicted molar refractivity (Wildman–Crippen MR) is 107 cm³/mol. The first-order chi connectivity index (χ1) is 12.8. The second-order valence-electron chi connectivity index (χ2n) is 6.51. The molecule has 1 saturated heterocycles. The first-order valence-corrected chi connectivity index (χ1v) is 9.16. The molecule has 6 nitrogen and oxygen atoms in total. The van der Waals surface area contributed by atoms with Gasteiger partial charge in [-0.15, -0.1) is 0 Å². The third kappa shape index (κ3) is 3.82. The number of carbonyl (C=O) groups is 1. The van der Waals surface area contributed by atoms with Crippen molar-refractivity contribution >= 4 is 40.8 Å². The fourth-order valence-corrected chi connectivity index (χ4v) is 3.38. The van der Waals surface area contributed by atoms with Crippen LogP contribution in [-0.4, -0.2) is 51.5 Å². The molecule has 1 amide bonds. The number of benzene rings is 1. The molecule has 0 saturated carbocycles. The molecule has 8 heteroatoms. The standard InChI is InChI=1S/C19H19Cl2N5O/c1-11-6-7-24-15(8-11)18(23)26-9-12(2)25(10-16(26)22)19(27)13-4-3-5-14(20)17(13)21/h3-8,12,22-23H,9-10H2,1-2H3. The highest BCUT2D eigenvalue weighted by molar-refractivity contribution is 6.43. The van der Waals surface area contributed by atoms with Gasteiger partial charge in [0.05, 0.1) is 22.2 Å². The molecule has 2 N–H and O–H groups in total. The smallest absolute Gasteiger partial charge is 0.256 e. The van der Waals surface area contributed by atoms with Gasteiger partial charge in [-0.1, -0.05) is 29.3 Å². The lowest BCUT2D eigenvalue weighted by Gasteiger charge is -2.41. The molecule has 1 aromatic heterocycles. The Morgan fingerprint density at radius 3 is 2.74 bits per heavy atom. The van der Waals surface area contributed by atoms with Crippen LogP contribution in [0.1, 0.15) is 28.5 Å². The number of piperazine rings is 1. The number of nitrogens with zero attached hydrogens (tertiary/aromatic N) is 3. The monoisotopic (exact) mass is 403 g/mol. The van der Waals surface area contributed by atoms with Crippen LogP contribution in [0.2, 0.25) is 10.0 Å². The summed E-state index contributed by atoms with van der Waals surface area (Å²) >= 11 is 12.2. The van der Waals surface area contributed by atoms with Crippen LogP contribution < -0.4 is 0 Å². The Morgan fingerprint density at radius 1 is 1.30 bits per heavy atom. The quantitative estimate of drug-likeness (QED) is 0.589. The topological polar surface area (TPSA) is 84.1 Å². The van der Waals surface area contributed by atoms with Crippen LogP contribution >= 0.6 is 23.2 Å². The summed E-state index contributed by atoms with van der Waals surface area (Å²) < 4.78 is 0. The number of amidine groups is 2. The van der Waals surface area contributed by atoms with Crippen molar-refractivity contribution in [3.8, 4) is 0 Å². The van der Waals surface area contributed by atoms with Crippen LogP contribution in [0.4, 0.5) is 0 Å². The van der Waals surface area contributed by atoms with Crippen molar-refractivity contribution in [2.24, 2.45) is 0 Å². The average molecular weight is 404 g/mol. The fourth-order valence-electron chi connectivity index (χ4n) is 3.00. The Morgan fingerprint density at radius 2 is 2.04 bits per heavy atom. The zero-order valence-corrected chi connectivity index (χ0v) is 16.5. The predicted octanol–water partition coefficient (Wildman–Crippen LogP) is 3.85. The van der Waals surface area contributed by atoms with Crippen LogP contribution in [-0.2, 0) is 0 Å². The summed E-state index contributed by atoms with van der Waals surface area (Å²) in [5, 5.41) is 17.3. The first-order valence-electron chi connectivity index (χ1n) is 8.41. The van der Waals surface area contributed by atoms with Crippen molar-refractivity contribution in [1.82, 2.24) is 14.8 Å². The molecule has 1 aliphatic heterocycles. The molecular formula is C19H19Cl2N5O. The van der Waals surface area contributed by atoms with E-state index in [1.165, 1.54) is 0 Å². The Labute approximate surface area is 167 Å². The van der Waals surface area contributed by atoms with E-state index in [0.29, 0.717) is 22.8 Å². The highest BCUT2D eigenvalue weighted by Crippen LogP contribution is 2.28. The molecule has 3 rings (SSSR count). The summed E-state index contributed by atoms with van der Waals surface area (Å²) in [7, 11) is 0. The van der Waals surface area contributed by atoms with Crippen molar-refractivity contribution in [3.05, 3.63) is 63.4 Å². The lowest BCUT2D eigenvalue weighted by Crippen LogP contribution is -2.58. The highest BCUT2D eigenvalue weighted by atomic mass is 35.5. The highest BCUT2D eigenvalue weighted by Gasteiger charge is 2.34. The van der Waals surface area contributed by atoms with E-state index in [-0.39, 0.29) is 35.2 Å². The maximum absolute atomic E-state index is 12.9. The van der Waals surface area contributed by atoms with Gasteiger partial charge in [0.25, 0.3) is 5.91 Å². The maximum atomic E-state index is 12.9. The third-order valence-corrected chi connectivity index (χ3v) is 5.31. The SMILES string of the molecule is Cc1ccnc(C(=N)N2CC(C)N(C(=O)c3cccc(Cl)c3Cl)CC2=N)c1. The molecule has 0 bridgehead atoms. The van der Waals surface area contributed by atoms with Crippen molar-refractivity contribution in [1.29, 1.82) is 10.8 Å². The summed E-state index contributed by atoms with van der Waals surface area (Å²) in [5.41, 5.74) is 1.81. The third-order valence-electron chi connectivity index (χ3n) is 4.50. The molecule has 1 fully saturated rings. The van der Waals surface area contributed by atoms with Gasteiger partial charge in [-0.25, -0.2) is 0 Å². The number of nitrogens with one attached hydrogen (secondary N) is 2. The first kappa shape index (κ1) is 19.3. The van der Waals surface area contributed by atoms with E-state index in [9.17, 15) is 4.79 Å². The molecule has 1 aromatic carbocycles. The van der Waals surface area contributed by atoms with Gasteiger partial charge in [-0.2, -0.15) is 0 Å². The number of pyridine rings is 1. The van der Waals surface area contributed by atoms with Crippen LogP contribution in [0.15, 0.2) is 36.5 Å². The molecule has 0 radical (unpaired) electrons. The van der Waals surface area contributed by atoms with E-state index in [4.69, 9.17) is 34.0 Å². The van der Waals surface area contributed by atoms with Gasteiger partial charge in [0, 0.05) is 18.8 Å². The maximum Gasteiger partial charge on any atom is 0.256 e. The van der Waals surface area contributed by atoms with Gasteiger partial charge in [-0.3, -0.25) is 20.6 Å². The van der Waals surface area contributed by atoms with Gasteiger partial charge >= 0.3 is 0 Å². The number of carbonyl (C=O) groups excluding carboxylic acids is 1. The molecule has 1 aliphatic rings. The number of aryl methyl sites for hydroxylation is 1. The molecule has 140 valence electrons. The number of halogens is 2. The van der Waals surface area contributed by atoms with Crippen molar-refractivity contribution in [2.45, 2.75) is 19.9 Å². The Bertz CT molecular complexity index is 930. The molecule has 1 unspecified atom stereocenters. The average Bonchev–Trinajstić information content (AvgIpc) is 2.64. The van der Waals surface area contributed by atoms with Crippen molar-refractivity contribution in [3.63, 3.8) is 0 Å². The summed E-state index contributed by atoms with van der Waals surface area (Å²) in [6.45, 7) is 4.22.